The molecule has 7 rings (SSSR count). The normalized spacial score (nSPS) is 11.6. The van der Waals surface area contributed by atoms with Crippen LogP contribution in [0.15, 0.2) is 140 Å². The molecule has 0 saturated carbocycles. The second kappa shape index (κ2) is 10.3. The number of benzene rings is 5. The smallest absolute Gasteiger partial charge is 0.207 e. The summed E-state index contributed by atoms with van der Waals surface area (Å²) in [5, 5.41) is 20.3. The Morgan fingerprint density at radius 1 is 0.634 bits per heavy atom. The fourth-order valence-corrected chi connectivity index (χ4v) is 5.54. The Bertz CT molecular complexity index is 1830. The van der Waals surface area contributed by atoms with Gasteiger partial charge in [-0.3, -0.25) is 0 Å². The molecule has 0 radical (unpaired) electrons. The number of rotatable bonds is 7. The Morgan fingerprint density at radius 3 is 1.83 bits per heavy atom. The Balaban J connectivity index is 1.43. The van der Waals surface area contributed by atoms with Crippen LogP contribution in [0.1, 0.15) is 22.3 Å². The number of nitrogens with zero attached hydrogens (tertiary/aromatic N) is 6. The van der Waals surface area contributed by atoms with Gasteiger partial charge in [0.05, 0.1) is 11.2 Å². The van der Waals surface area contributed by atoms with Crippen LogP contribution < -0.4 is 5.73 Å². The summed E-state index contributed by atoms with van der Waals surface area (Å²) in [6, 6.07) is 45.1. The Kier molecular flexibility index (Phi) is 6.18. The van der Waals surface area contributed by atoms with Crippen molar-refractivity contribution in [3.05, 3.63) is 162 Å². The lowest BCUT2D eigenvalue weighted by Gasteiger charge is -2.34. The van der Waals surface area contributed by atoms with E-state index in [0.717, 1.165) is 44.4 Å². The molecule has 0 atom stereocenters. The van der Waals surface area contributed by atoms with Crippen molar-refractivity contribution in [1.82, 2.24) is 30.0 Å². The van der Waals surface area contributed by atoms with Gasteiger partial charge in [-0.25, -0.2) is 4.68 Å². The molecule has 7 nitrogen and oxygen atoms in total. The third-order valence-electron chi connectivity index (χ3n) is 7.48. The van der Waals surface area contributed by atoms with E-state index in [0.29, 0.717) is 12.4 Å². The van der Waals surface area contributed by atoms with Gasteiger partial charge >= 0.3 is 0 Å². The summed E-state index contributed by atoms with van der Waals surface area (Å²) in [6.07, 6.45) is 2.01. The van der Waals surface area contributed by atoms with E-state index in [1.165, 1.54) is 0 Å². The second-order valence-corrected chi connectivity index (χ2v) is 9.90. The van der Waals surface area contributed by atoms with Gasteiger partial charge in [0.25, 0.3) is 0 Å². The summed E-state index contributed by atoms with van der Waals surface area (Å²) in [5.74, 6) is 0.509. The fourth-order valence-electron chi connectivity index (χ4n) is 5.54. The molecule has 0 aliphatic carbocycles. The molecular formula is C34H27N7. The lowest BCUT2D eigenvalue weighted by Crippen LogP contribution is -2.39. The number of aromatic nitrogens is 6. The number of fused-ring (bicyclic) bond motifs is 1. The minimum Gasteiger partial charge on any atom is -0.326 e. The van der Waals surface area contributed by atoms with Crippen molar-refractivity contribution in [2.75, 3.05) is 0 Å². The largest absolute Gasteiger partial charge is 0.326 e. The molecule has 198 valence electrons. The molecule has 5 aromatic carbocycles. The highest BCUT2D eigenvalue weighted by atomic mass is 15.6. The highest BCUT2D eigenvalue weighted by molar-refractivity contribution is 5.80. The van der Waals surface area contributed by atoms with Crippen LogP contribution in [0.5, 0.6) is 0 Å². The second-order valence-electron chi connectivity index (χ2n) is 9.90. The predicted octanol–water partition coefficient (Wildman–Crippen LogP) is 5.98. The van der Waals surface area contributed by atoms with Crippen molar-refractivity contribution in [3.8, 4) is 17.1 Å². The van der Waals surface area contributed by atoms with Crippen LogP contribution >= 0.6 is 0 Å². The van der Waals surface area contributed by atoms with Crippen LogP contribution in [0.2, 0.25) is 0 Å². The third-order valence-corrected chi connectivity index (χ3v) is 7.48. The average molecular weight is 534 g/mol. The molecule has 0 spiro atoms. The Hall–Kier alpha value is -5.40. The predicted molar refractivity (Wildman–Crippen MR) is 160 cm³/mol. The molecule has 0 amide bonds. The van der Waals surface area contributed by atoms with Crippen LogP contribution in [0, 0.1) is 0 Å². The molecule has 0 bridgehead atoms. The van der Waals surface area contributed by atoms with E-state index in [9.17, 15) is 0 Å². The van der Waals surface area contributed by atoms with Crippen LogP contribution in [-0.4, -0.2) is 30.0 Å². The van der Waals surface area contributed by atoms with Crippen molar-refractivity contribution in [1.29, 1.82) is 0 Å². The highest BCUT2D eigenvalue weighted by Gasteiger charge is 2.41. The Labute approximate surface area is 237 Å². The van der Waals surface area contributed by atoms with Gasteiger partial charge in [0.2, 0.25) is 5.82 Å². The molecule has 2 N–H and O–H groups in total. The molecule has 0 aliphatic rings. The van der Waals surface area contributed by atoms with Crippen LogP contribution in [0.4, 0.5) is 0 Å². The maximum atomic E-state index is 5.87. The zero-order valence-corrected chi connectivity index (χ0v) is 22.2. The lowest BCUT2D eigenvalue weighted by molar-refractivity contribution is 0.396. The quantitative estimate of drug-likeness (QED) is 0.255. The van der Waals surface area contributed by atoms with Crippen LogP contribution in [0.25, 0.3) is 28.0 Å². The van der Waals surface area contributed by atoms with Gasteiger partial charge in [-0.15, -0.1) is 15.0 Å². The van der Waals surface area contributed by atoms with E-state index in [2.05, 4.69) is 47.6 Å². The maximum absolute atomic E-state index is 5.87. The van der Waals surface area contributed by atoms with Crippen LogP contribution in [0.3, 0.4) is 0 Å². The number of hydrogen-bond donors (Lipinski definition) is 1. The topological polar surface area (TPSA) is 87.4 Å². The molecule has 0 fully saturated rings. The molecule has 7 aromatic rings. The van der Waals surface area contributed by atoms with E-state index < -0.39 is 5.54 Å². The van der Waals surface area contributed by atoms with Crippen molar-refractivity contribution in [2.24, 2.45) is 5.73 Å². The van der Waals surface area contributed by atoms with Gasteiger partial charge in [-0.1, -0.05) is 109 Å². The minimum absolute atomic E-state index is 0.483. The highest BCUT2D eigenvalue weighted by Crippen LogP contribution is 2.40. The summed E-state index contributed by atoms with van der Waals surface area (Å²) in [5.41, 5.74) is 11.8. The minimum atomic E-state index is -0.844. The summed E-state index contributed by atoms with van der Waals surface area (Å²) >= 11 is 0. The third kappa shape index (κ3) is 4.20. The summed E-state index contributed by atoms with van der Waals surface area (Å²) < 4.78 is 1.87. The zero-order chi connectivity index (χ0) is 27.6. The van der Waals surface area contributed by atoms with Crippen molar-refractivity contribution in [3.63, 3.8) is 0 Å². The van der Waals surface area contributed by atoms with Gasteiger partial charge in [-0.2, -0.15) is 5.10 Å². The molecule has 0 saturated heterocycles. The molecule has 0 unspecified atom stereocenters. The maximum Gasteiger partial charge on any atom is 0.207 e. The zero-order valence-electron chi connectivity index (χ0n) is 22.2. The van der Waals surface area contributed by atoms with Crippen molar-refractivity contribution >= 4 is 10.9 Å². The van der Waals surface area contributed by atoms with E-state index in [1.54, 1.807) is 4.80 Å². The molecule has 41 heavy (non-hydrogen) atoms. The van der Waals surface area contributed by atoms with Crippen molar-refractivity contribution in [2.45, 2.75) is 12.1 Å². The Morgan fingerprint density at radius 2 is 1.22 bits per heavy atom. The summed E-state index contributed by atoms with van der Waals surface area (Å²) in [6.45, 7) is 0.483. The SMILES string of the molecule is NCc1ccc2nn(-c3ccccc3-c3nnn(C(c4ccccc4)(c4ccccc4)c4ccccc4)n3)cc2c1. The first-order valence-electron chi connectivity index (χ1n) is 13.5. The first-order chi connectivity index (χ1) is 20.3. The van der Waals surface area contributed by atoms with E-state index >= 15 is 0 Å². The molecule has 7 heteroatoms. The number of nitrogens with two attached hydrogens (primary N) is 1. The molecule has 2 aromatic heterocycles. The number of hydrogen-bond acceptors (Lipinski definition) is 5. The number of tetrazole rings is 1. The van der Waals surface area contributed by atoms with Crippen molar-refractivity contribution < 1.29 is 0 Å². The van der Waals surface area contributed by atoms with Gasteiger partial charge in [0.15, 0.2) is 5.54 Å². The van der Waals surface area contributed by atoms with Gasteiger partial charge in [-0.05, 0) is 51.7 Å². The number of para-hydroxylation sites is 1. The lowest BCUT2D eigenvalue weighted by atomic mass is 9.77. The van der Waals surface area contributed by atoms with Crippen LogP contribution in [-0.2, 0) is 12.1 Å². The summed E-state index contributed by atoms with van der Waals surface area (Å²) in [4.78, 5) is 1.74. The first kappa shape index (κ1) is 24.6. The van der Waals surface area contributed by atoms with Gasteiger partial charge in [0.1, 0.15) is 0 Å². The van der Waals surface area contributed by atoms with E-state index in [-0.39, 0.29) is 0 Å². The van der Waals surface area contributed by atoms with Gasteiger partial charge < -0.3 is 5.73 Å². The van der Waals surface area contributed by atoms with E-state index in [1.807, 2.05) is 102 Å². The molecular weight excluding hydrogens is 506 g/mol. The fraction of sp³-hybridized carbons (Fsp3) is 0.0588. The average Bonchev–Trinajstić information content (AvgIpc) is 3.71. The summed E-state index contributed by atoms with van der Waals surface area (Å²) in [7, 11) is 0. The molecule has 0 aliphatic heterocycles. The first-order valence-corrected chi connectivity index (χ1v) is 13.5. The molecule has 2 heterocycles. The van der Waals surface area contributed by atoms with E-state index in [4.69, 9.17) is 21.1 Å². The van der Waals surface area contributed by atoms with Gasteiger partial charge in [0, 0.05) is 23.7 Å². The standard InChI is InChI=1S/C34H27N7/c35-23-25-20-21-31-26(22-25)24-40(37-31)32-19-11-10-18-30(32)33-36-39-41(38-33)34(27-12-4-1-5-13-27,28-14-6-2-7-15-28)29-16-8-3-9-17-29/h1-22,24H,23,35H2. The monoisotopic (exact) mass is 533 g/mol.